The number of aromatic nitrogens is 4. The molecule has 4 nitrogen and oxygen atoms in total. The molecule has 0 spiro atoms. The zero-order chi connectivity index (χ0) is 14.1. The first-order valence-electron chi connectivity index (χ1n) is 6.75. The van der Waals surface area contributed by atoms with Gasteiger partial charge in [-0.25, -0.2) is 14.1 Å². The third kappa shape index (κ3) is 2.31. The van der Waals surface area contributed by atoms with E-state index in [4.69, 9.17) is 0 Å². The molecule has 0 saturated carbocycles. The maximum Gasteiger partial charge on any atom is 0.146 e. The van der Waals surface area contributed by atoms with Crippen LogP contribution in [0.25, 0.3) is 10.9 Å². The molecule has 0 aliphatic rings. The number of rotatable bonds is 4. The van der Waals surface area contributed by atoms with Gasteiger partial charge in [0.15, 0.2) is 0 Å². The fourth-order valence-electron chi connectivity index (χ4n) is 2.39. The molecule has 2 heterocycles. The standard InChI is InChI=1S/C15H17FN4/c1-11(2)8-20-15(17-10-18-20)9-19-7-6-12-13(16)4-3-5-14(12)19/h3-7,10-11H,8-9H2,1-2H3. The molecule has 2 aromatic heterocycles. The van der Waals surface area contributed by atoms with Gasteiger partial charge in [-0.05, 0) is 24.1 Å². The van der Waals surface area contributed by atoms with Crippen LogP contribution in [0.3, 0.4) is 0 Å². The second kappa shape index (κ2) is 5.07. The summed E-state index contributed by atoms with van der Waals surface area (Å²) in [6, 6.07) is 6.93. The molecule has 104 valence electrons. The molecule has 3 aromatic rings. The van der Waals surface area contributed by atoms with Crippen molar-refractivity contribution in [1.29, 1.82) is 0 Å². The van der Waals surface area contributed by atoms with Crippen molar-refractivity contribution in [3.63, 3.8) is 0 Å². The molecule has 0 radical (unpaired) electrons. The van der Waals surface area contributed by atoms with Crippen LogP contribution >= 0.6 is 0 Å². The highest BCUT2D eigenvalue weighted by molar-refractivity contribution is 5.80. The fourth-order valence-corrected chi connectivity index (χ4v) is 2.39. The molecular formula is C15H17FN4. The predicted molar refractivity (Wildman–Crippen MR) is 75.9 cm³/mol. The lowest BCUT2D eigenvalue weighted by atomic mass is 10.2. The summed E-state index contributed by atoms with van der Waals surface area (Å²) in [5.41, 5.74) is 0.879. The van der Waals surface area contributed by atoms with Crippen LogP contribution in [0, 0.1) is 11.7 Å². The number of fused-ring (bicyclic) bond motifs is 1. The van der Waals surface area contributed by atoms with Crippen LogP contribution in [0.4, 0.5) is 4.39 Å². The van der Waals surface area contributed by atoms with Gasteiger partial charge in [0.05, 0.1) is 12.1 Å². The molecule has 0 unspecified atom stereocenters. The largest absolute Gasteiger partial charge is 0.340 e. The quantitative estimate of drug-likeness (QED) is 0.731. The summed E-state index contributed by atoms with van der Waals surface area (Å²) in [6.45, 7) is 5.72. The van der Waals surface area contributed by atoms with Gasteiger partial charge in [0.2, 0.25) is 0 Å². The van der Waals surface area contributed by atoms with E-state index in [9.17, 15) is 4.39 Å². The van der Waals surface area contributed by atoms with Crippen LogP contribution in [0.15, 0.2) is 36.8 Å². The first kappa shape index (κ1) is 12.8. The summed E-state index contributed by atoms with van der Waals surface area (Å²) in [5.74, 6) is 1.21. The molecule has 0 bridgehead atoms. The highest BCUT2D eigenvalue weighted by Crippen LogP contribution is 2.19. The van der Waals surface area contributed by atoms with Crippen molar-refractivity contribution in [2.24, 2.45) is 5.92 Å². The van der Waals surface area contributed by atoms with Crippen molar-refractivity contribution in [3.05, 3.63) is 48.4 Å². The molecule has 0 saturated heterocycles. The lowest BCUT2D eigenvalue weighted by Crippen LogP contribution is -2.12. The van der Waals surface area contributed by atoms with Gasteiger partial charge < -0.3 is 4.57 Å². The number of halogens is 1. The Hall–Kier alpha value is -2.17. The number of nitrogens with zero attached hydrogens (tertiary/aromatic N) is 4. The highest BCUT2D eigenvalue weighted by Gasteiger charge is 2.10. The molecule has 0 amide bonds. The lowest BCUT2D eigenvalue weighted by Gasteiger charge is -2.10. The second-order valence-electron chi connectivity index (χ2n) is 5.37. The van der Waals surface area contributed by atoms with E-state index in [-0.39, 0.29) is 5.82 Å². The van der Waals surface area contributed by atoms with Crippen molar-refractivity contribution in [2.75, 3.05) is 0 Å². The maximum atomic E-state index is 13.7. The number of hydrogen-bond acceptors (Lipinski definition) is 2. The molecule has 5 heteroatoms. The minimum Gasteiger partial charge on any atom is -0.340 e. The van der Waals surface area contributed by atoms with E-state index in [1.807, 2.05) is 21.5 Å². The Labute approximate surface area is 116 Å². The minimum absolute atomic E-state index is 0.190. The zero-order valence-electron chi connectivity index (χ0n) is 11.6. The summed E-state index contributed by atoms with van der Waals surface area (Å²) in [4.78, 5) is 4.31. The average Bonchev–Trinajstić information content (AvgIpc) is 2.99. The smallest absolute Gasteiger partial charge is 0.146 e. The van der Waals surface area contributed by atoms with E-state index in [0.717, 1.165) is 17.9 Å². The van der Waals surface area contributed by atoms with Gasteiger partial charge in [-0.1, -0.05) is 19.9 Å². The summed E-state index contributed by atoms with van der Waals surface area (Å²) in [5, 5.41) is 4.89. The van der Waals surface area contributed by atoms with Gasteiger partial charge in [0, 0.05) is 18.1 Å². The van der Waals surface area contributed by atoms with Crippen molar-refractivity contribution >= 4 is 10.9 Å². The number of benzene rings is 1. The normalized spacial score (nSPS) is 11.6. The SMILES string of the molecule is CC(C)Cn1ncnc1Cn1ccc2c(F)cccc21. The van der Waals surface area contributed by atoms with Gasteiger partial charge in [-0.3, -0.25) is 0 Å². The van der Waals surface area contributed by atoms with E-state index >= 15 is 0 Å². The first-order valence-corrected chi connectivity index (χ1v) is 6.75. The fraction of sp³-hybridized carbons (Fsp3) is 0.333. The van der Waals surface area contributed by atoms with Gasteiger partial charge >= 0.3 is 0 Å². The average molecular weight is 272 g/mol. The zero-order valence-corrected chi connectivity index (χ0v) is 11.6. The predicted octanol–water partition coefficient (Wildman–Crippen LogP) is 3.08. The summed E-state index contributed by atoms with van der Waals surface area (Å²) >= 11 is 0. The molecule has 1 aromatic carbocycles. The molecule has 20 heavy (non-hydrogen) atoms. The molecule has 0 fully saturated rings. The van der Waals surface area contributed by atoms with Crippen molar-refractivity contribution in [1.82, 2.24) is 19.3 Å². The van der Waals surface area contributed by atoms with Crippen LogP contribution in [0.5, 0.6) is 0 Å². The highest BCUT2D eigenvalue weighted by atomic mass is 19.1. The molecular weight excluding hydrogens is 255 g/mol. The summed E-state index contributed by atoms with van der Waals surface area (Å²) in [6.07, 6.45) is 3.46. The monoisotopic (exact) mass is 272 g/mol. The lowest BCUT2D eigenvalue weighted by molar-refractivity contribution is 0.462. The summed E-state index contributed by atoms with van der Waals surface area (Å²) < 4.78 is 17.6. The van der Waals surface area contributed by atoms with Gasteiger partial charge in [-0.15, -0.1) is 0 Å². The third-order valence-corrected chi connectivity index (χ3v) is 3.31. The van der Waals surface area contributed by atoms with Gasteiger partial charge in [-0.2, -0.15) is 5.10 Å². The van der Waals surface area contributed by atoms with Crippen molar-refractivity contribution < 1.29 is 4.39 Å². The molecule has 3 rings (SSSR count). The summed E-state index contributed by atoms with van der Waals surface area (Å²) in [7, 11) is 0. The van der Waals surface area contributed by atoms with Gasteiger partial charge in [0.25, 0.3) is 0 Å². The number of hydrogen-bond donors (Lipinski definition) is 0. The van der Waals surface area contributed by atoms with Gasteiger partial charge in [0.1, 0.15) is 18.0 Å². The minimum atomic E-state index is -0.190. The molecule has 0 aliphatic carbocycles. The van der Waals surface area contributed by atoms with Crippen LogP contribution in [-0.4, -0.2) is 19.3 Å². The van der Waals surface area contributed by atoms with E-state index in [0.29, 0.717) is 17.8 Å². The Morgan fingerprint density at radius 2 is 2.10 bits per heavy atom. The Kier molecular flexibility index (Phi) is 3.26. The van der Waals surface area contributed by atoms with E-state index in [1.54, 1.807) is 18.5 Å². The second-order valence-corrected chi connectivity index (χ2v) is 5.37. The Morgan fingerprint density at radius 1 is 1.25 bits per heavy atom. The van der Waals surface area contributed by atoms with E-state index in [2.05, 4.69) is 23.9 Å². The van der Waals surface area contributed by atoms with Crippen molar-refractivity contribution in [3.8, 4) is 0 Å². The van der Waals surface area contributed by atoms with Crippen molar-refractivity contribution in [2.45, 2.75) is 26.9 Å². The van der Waals surface area contributed by atoms with E-state index < -0.39 is 0 Å². The Bertz CT molecular complexity index is 726. The Morgan fingerprint density at radius 3 is 2.90 bits per heavy atom. The Balaban J connectivity index is 1.94. The van der Waals surface area contributed by atoms with Crippen LogP contribution in [0.1, 0.15) is 19.7 Å². The molecule has 0 atom stereocenters. The molecule has 0 N–H and O–H groups in total. The molecule has 0 aliphatic heterocycles. The maximum absolute atomic E-state index is 13.7. The third-order valence-electron chi connectivity index (χ3n) is 3.31. The van der Waals surface area contributed by atoms with Crippen LogP contribution < -0.4 is 0 Å². The van der Waals surface area contributed by atoms with E-state index in [1.165, 1.54) is 6.07 Å². The topological polar surface area (TPSA) is 35.6 Å². The first-order chi connectivity index (χ1) is 9.65. The van der Waals surface area contributed by atoms with Crippen LogP contribution in [-0.2, 0) is 13.1 Å². The van der Waals surface area contributed by atoms with Crippen LogP contribution in [0.2, 0.25) is 0 Å².